The number of anilines is 1. The lowest BCUT2D eigenvalue weighted by molar-refractivity contribution is -0.113. The average Bonchev–Trinajstić information content (AvgIpc) is 2.97. The Labute approximate surface area is 161 Å². The summed E-state index contributed by atoms with van der Waals surface area (Å²) in [4.78, 5) is 12.1. The Balaban J connectivity index is 1.65. The van der Waals surface area contributed by atoms with E-state index in [1.807, 2.05) is 36.4 Å². The van der Waals surface area contributed by atoms with Crippen LogP contribution in [0.1, 0.15) is 0 Å². The first kappa shape index (κ1) is 17.8. The fraction of sp³-hybridized carbons (Fsp3) is 0.0625. The molecule has 25 heavy (non-hydrogen) atoms. The molecular weight excluding hydrogens is 426 g/mol. The molecule has 0 atom stereocenters. The number of hydrogen-bond acceptors (Lipinski definition) is 5. The summed E-state index contributed by atoms with van der Waals surface area (Å²) in [5.74, 6) is 6.54. The number of nitrogens with two attached hydrogens (primary N) is 1. The van der Waals surface area contributed by atoms with E-state index in [4.69, 9.17) is 17.4 Å². The molecule has 0 saturated heterocycles. The van der Waals surface area contributed by atoms with Crippen LogP contribution in [0, 0.1) is 0 Å². The maximum absolute atomic E-state index is 12.1. The fourth-order valence-electron chi connectivity index (χ4n) is 2.05. The zero-order chi connectivity index (χ0) is 17.8. The molecule has 3 aromatic rings. The SMILES string of the molecule is Nn1c(SCC(=O)Nc2ccccc2Br)nnc1-c1ccc(Cl)cc1. The molecule has 3 rings (SSSR count). The Bertz CT molecular complexity index is 900. The van der Waals surface area contributed by atoms with E-state index in [2.05, 4.69) is 31.4 Å². The van der Waals surface area contributed by atoms with Crippen molar-refractivity contribution in [3.05, 3.63) is 58.0 Å². The van der Waals surface area contributed by atoms with Crippen LogP contribution in [-0.4, -0.2) is 26.5 Å². The van der Waals surface area contributed by atoms with Crippen LogP contribution in [-0.2, 0) is 4.79 Å². The topological polar surface area (TPSA) is 85.8 Å². The van der Waals surface area contributed by atoms with E-state index >= 15 is 0 Å². The Morgan fingerprint density at radius 1 is 1.20 bits per heavy atom. The van der Waals surface area contributed by atoms with Crippen LogP contribution in [0.2, 0.25) is 5.02 Å². The maximum Gasteiger partial charge on any atom is 0.234 e. The molecule has 0 unspecified atom stereocenters. The van der Waals surface area contributed by atoms with E-state index in [0.717, 1.165) is 10.0 Å². The van der Waals surface area contributed by atoms with Gasteiger partial charge in [-0.25, -0.2) is 4.68 Å². The molecule has 1 heterocycles. The first-order chi connectivity index (χ1) is 12.0. The Kier molecular flexibility index (Phi) is 5.62. The van der Waals surface area contributed by atoms with Gasteiger partial charge in [0.2, 0.25) is 11.1 Å². The van der Waals surface area contributed by atoms with Gasteiger partial charge in [0.25, 0.3) is 0 Å². The van der Waals surface area contributed by atoms with Crippen molar-refractivity contribution >= 4 is 50.9 Å². The number of nitrogens with one attached hydrogen (secondary N) is 1. The van der Waals surface area contributed by atoms with Crippen molar-refractivity contribution in [1.82, 2.24) is 14.9 Å². The Morgan fingerprint density at radius 2 is 1.92 bits per heavy atom. The Hall–Kier alpha value is -2.03. The minimum atomic E-state index is -0.159. The van der Waals surface area contributed by atoms with E-state index in [0.29, 0.717) is 21.7 Å². The zero-order valence-electron chi connectivity index (χ0n) is 12.8. The maximum atomic E-state index is 12.1. The summed E-state index contributed by atoms with van der Waals surface area (Å²) in [6.45, 7) is 0. The van der Waals surface area contributed by atoms with Crippen molar-refractivity contribution in [3.63, 3.8) is 0 Å². The number of aromatic nitrogens is 3. The number of carbonyl (C=O) groups excluding carboxylic acids is 1. The molecule has 1 aromatic heterocycles. The van der Waals surface area contributed by atoms with Gasteiger partial charge >= 0.3 is 0 Å². The summed E-state index contributed by atoms with van der Waals surface area (Å²) in [5.41, 5.74) is 1.51. The third-order valence-electron chi connectivity index (χ3n) is 3.25. The highest BCUT2D eigenvalue weighted by atomic mass is 79.9. The summed E-state index contributed by atoms with van der Waals surface area (Å²) >= 11 is 10.5. The van der Waals surface area contributed by atoms with Gasteiger partial charge in [-0.1, -0.05) is 35.5 Å². The second kappa shape index (κ2) is 7.90. The molecule has 0 bridgehead atoms. The summed E-state index contributed by atoms with van der Waals surface area (Å²) in [6.07, 6.45) is 0. The molecule has 128 valence electrons. The summed E-state index contributed by atoms with van der Waals surface area (Å²) < 4.78 is 2.18. The molecule has 0 aliphatic heterocycles. The second-order valence-corrected chi connectivity index (χ2v) is 7.23. The highest BCUT2D eigenvalue weighted by Crippen LogP contribution is 2.24. The van der Waals surface area contributed by atoms with Crippen molar-refractivity contribution in [2.75, 3.05) is 16.9 Å². The lowest BCUT2D eigenvalue weighted by Gasteiger charge is -2.07. The third-order valence-corrected chi connectivity index (χ3v) is 5.13. The van der Waals surface area contributed by atoms with Gasteiger partial charge in [0.05, 0.1) is 11.4 Å². The highest BCUT2D eigenvalue weighted by Gasteiger charge is 2.14. The van der Waals surface area contributed by atoms with Crippen molar-refractivity contribution in [2.45, 2.75) is 5.16 Å². The van der Waals surface area contributed by atoms with Gasteiger partial charge in [-0.05, 0) is 52.3 Å². The Morgan fingerprint density at radius 3 is 2.64 bits per heavy atom. The molecule has 0 fully saturated rings. The molecule has 0 aliphatic carbocycles. The van der Waals surface area contributed by atoms with Crippen LogP contribution in [0.25, 0.3) is 11.4 Å². The minimum Gasteiger partial charge on any atom is -0.335 e. The number of nitrogens with zero attached hydrogens (tertiary/aromatic N) is 3. The number of para-hydroxylation sites is 1. The third kappa shape index (κ3) is 4.33. The average molecular weight is 439 g/mol. The predicted octanol–water partition coefficient (Wildman–Crippen LogP) is 3.81. The largest absolute Gasteiger partial charge is 0.335 e. The van der Waals surface area contributed by atoms with Crippen molar-refractivity contribution < 1.29 is 4.79 Å². The molecule has 9 heteroatoms. The fourth-order valence-corrected chi connectivity index (χ4v) is 3.22. The van der Waals surface area contributed by atoms with Crippen molar-refractivity contribution in [3.8, 4) is 11.4 Å². The number of hydrogen-bond donors (Lipinski definition) is 2. The zero-order valence-corrected chi connectivity index (χ0v) is 16.0. The highest BCUT2D eigenvalue weighted by molar-refractivity contribution is 9.10. The van der Waals surface area contributed by atoms with E-state index in [1.165, 1.54) is 16.4 Å². The minimum absolute atomic E-state index is 0.159. The van der Waals surface area contributed by atoms with Crippen LogP contribution < -0.4 is 11.2 Å². The van der Waals surface area contributed by atoms with Gasteiger partial charge in [-0.15, -0.1) is 10.2 Å². The van der Waals surface area contributed by atoms with Crippen LogP contribution in [0.5, 0.6) is 0 Å². The smallest absolute Gasteiger partial charge is 0.234 e. The molecule has 3 N–H and O–H groups in total. The predicted molar refractivity (Wildman–Crippen MR) is 104 cm³/mol. The second-order valence-electron chi connectivity index (χ2n) is 5.00. The van der Waals surface area contributed by atoms with Crippen LogP contribution in [0.3, 0.4) is 0 Å². The molecular formula is C16H13BrClN5OS. The molecule has 1 amide bonds. The van der Waals surface area contributed by atoms with E-state index in [1.54, 1.807) is 12.1 Å². The van der Waals surface area contributed by atoms with Gasteiger partial charge < -0.3 is 11.2 Å². The van der Waals surface area contributed by atoms with Gasteiger partial charge in [0, 0.05) is 15.1 Å². The number of carbonyl (C=O) groups is 1. The molecule has 0 radical (unpaired) electrons. The van der Waals surface area contributed by atoms with Gasteiger partial charge in [-0.3, -0.25) is 4.79 Å². The van der Waals surface area contributed by atoms with E-state index in [-0.39, 0.29) is 11.7 Å². The normalized spacial score (nSPS) is 10.6. The summed E-state index contributed by atoms with van der Waals surface area (Å²) in [6, 6.07) is 14.5. The first-order valence-electron chi connectivity index (χ1n) is 7.18. The number of benzene rings is 2. The number of thioether (sulfide) groups is 1. The number of halogens is 2. The van der Waals surface area contributed by atoms with E-state index < -0.39 is 0 Å². The molecule has 0 spiro atoms. The number of nitrogen functional groups attached to an aromatic ring is 1. The lowest BCUT2D eigenvalue weighted by atomic mass is 10.2. The van der Waals surface area contributed by atoms with Crippen molar-refractivity contribution in [1.29, 1.82) is 0 Å². The molecule has 0 saturated carbocycles. The number of rotatable bonds is 5. The van der Waals surface area contributed by atoms with Crippen LogP contribution in [0.15, 0.2) is 58.2 Å². The molecule has 2 aromatic carbocycles. The van der Waals surface area contributed by atoms with Crippen molar-refractivity contribution in [2.24, 2.45) is 0 Å². The monoisotopic (exact) mass is 437 g/mol. The summed E-state index contributed by atoms with van der Waals surface area (Å²) in [5, 5.41) is 12.0. The van der Waals surface area contributed by atoms with Crippen LogP contribution >= 0.6 is 39.3 Å². The first-order valence-corrected chi connectivity index (χ1v) is 9.34. The standard InChI is InChI=1S/C16H13BrClN5OS/c17-12-3-1-2-4-13(12)20-14(24)9-25-16-22-21-15(23(16)19)10-5-7-11(18)8-6-10/h1-8H,9,19H2,(H,20,24). The molecule has 6 nitrogen and oxygen atoms in total. The van der Waals surface area contributed by atoms with Gasteiger partial charge in [0.15, 0.2) is 5.82 Å². The van der Waals surface area contributed by atoms with E-state index in [9.17, 15) is 4.79 Å². The van der Waals surface area contributed by atoms with Gasteiger partial charge in [-0.2, -0.15) is 0 Å². The lowest BCUT2D eigenvalue weighted by Crippen LogP contribution is -2.16. The quantitative estimate of drug-likeness (QED) is 0.467. The molecule has 0 aliphatic rings. The summed E-state index contributed by atoms with van der Waals surface area (Å²) in [7, 11) is 0. The van der Waals surface area contributed by atoms with Crippen LogP contribution in [0.4, 0.5) is 5.69 Å². The number of amides is 1. The van der Waals surface area contributed by atoms with Gasteiger partial charge in [0.1, 0.15) is 0 Å².